The number of ether oxygens (including phenoxy) is 1. The van der Waals surface area contributed by atoms with Crippen LogP contribution in [0.2, 0.25) is 0 Å². The molecular weight excluding hydrogens is 528 g/mol. The molecule has 0 saturated carbocycles. The smallest absolute Gasteiger partial charge is 0.397 e. The maximum absolute atomic E-state index is 12.5. The van der Waals surface area contributed by atoms with Crippen LogP contribution in [0.1, 0.15) is 0 Å². The van der Waals surface area contributed by atoms with Crippen LogP contribution in [0.25, 0.3) is 10.8 Å². The lowest BCUT2D eigenvalue weighted by Gasteiger charge is -2.09. The number of azo groups is 1. The van der Waals surface area contributed by atoms with E-state index in [0.717, 1.165) is 12.1 Å². The van der Waals surface area contributed by atoms with Crippen molar-refractivity contribution in [3.05, 3.63) is 48.5 Å². The molecule has 35 heavy (non-hydrogen) atoms. The molecule has 0 aliphatic heterocycles. The summed E-state index contributed by atoms with van der Waals surface area (Å²) in [4.78, 5) is -0.637. The maximum Gasteiger partial charge on any atom is 0.397 e. The van der Waals surface area contributed by atoms with Crippen LogP contribution in [-0.4, -0.2) is 58.9 Å². The fourth-order valence-corrected chi connectivity index (χ4v) is 4.98. The SMILES string of the molecule is COc1ccc(S(=O)(=O)CCOS(=O)(=O)O)cc1N=Nc1c(O)ccc2cc(S(=O)(=O)O)ccc12. The third-order valence-corrected chi connectivity index (χ3v) is 7.58. The maximum atomic E-state index is 12.5. The third kappa shape index (κ3) is 6.50. The predicted molar refractivity (Wildman–Crippen MR) is 122 cm³/mol. The summed E-state index contributed by atoms with van der Waals surface area (Å²) < 4.78 is 96.1. The molecule has 0 aromatic heterocycles. The monoisotopic (exact) mass is 546 g/mol. The summed E-state index contributed by atoms with van der Waals surface area (Å²) in [5.74, 6) is -0.961. The molecule has 0 bridgehead atoms. The second-order valence-corrected chi connectivity index (χ2v) is 11.5. The second kappa shape index (κ2) is 9.84. The van der Waals surface area contributed by atoms with E-state index in [-0.39, 0.29) is 38.1 Å². The average molecular weight is 547 g/mol. The Bertz CT molecular complexity index is 1630. The van der Waals surface area contributed by atoms with Gasteiger partial charge in [0.15, 0.2) is 9.84 Å². The normalized spacial score (nSPS) is 12.9. The summed E-state index contributed by atoms with van der Waals surface area (Å²) in [7, 11) is -12.0. The summed E-state index contributed by atoms with van der Waals surface area (Å²) >= 11 is 0. The first kappa shape index (κ1) is 26.5. The lowest BCUT2D eigenvalue weighted by Crippen LogP contribution is -2.15. The van der Waals surface area contributed by atoms with Gasteiger partial charge in [0.05, 0.1) is 29.3 Å². The molecule has 16 heteroatoms. The second-order valence-electron chi connectivity index (χ2n) is 6.89. The van der Waals surface area contributed by atoms with Crippen LogP contribution >= 0.6 is 0 Å². The van der Waals surface area contributed by atoms with E-state index in [0.29, 0.717) is 5.39 Å². The summed E-state index contributed by atoms with van der Waals surface area (Å²) in [5.41, 5.74) is -0.128. The molecule has 0 heterocycles. The number of nitrogens with zero attached hydrogens (tertiary/aromatic N) is 2. The Morgan fingerprint density at radius 2 is 1.54 bits per heavy atom. The van der Waals surface area contributed by atoms with E-state index in [4.69, 9.17) is 9.29 Å². The standard InChI is InChI=1S/C19H18N2O11S3/c1-31-18-7-4-13(33(23,24)9-8-32-35(28,29)30)11-16(18)20-21-19-15-5-3-14(34(25,26)27)10-12(15)2-6-17(19)22/h2-7,10-11,22H,8-9H2,1H3,(H,25,26,27)(H,28,29,30). The molecular formula is C19H18N2O11S3. The van der Waals surface area contributed by atoms with Gasteiger partial charge >= 0.3 is 10.4 Å². The first-order valence-electron chi connectivity index (χ1n) is 9.39. The molecule has 0 aliphatic carbocycles. The molecule has 0 amide bonds. The highest BCUT2D eigenvalue weighted by Gasteiger charge is 2.19. The Labute approximate surface area is 200 Å². The molecule has 0 fully saturated rings. The quantitative estimate of drug-likeness (QED) is 0.263. The van der Waals surface area contributed by atoms with Crippen LogP contribution in [0, 0.1) is 0 Å². The summed E-state index contributed by atoms with van der Waals surface area (Å²) in [6.07, 6.45) is 0. The van der Waals surface area contributed by atoms with Crippen LogP contribution < -0.4 is 4.74 Å². The van der Waals surface area contributed by atoms with Gasteiger partial charge < -0.3 is 9.84 Å². The van der Waals surface area contributed by atoms with E-state index in [1.165, 1.54) is 43.5 Å². The van der Waals surface area contributed by atoms with Crippen molar-refractivity contribution in [1.82, 2.24) is 0 Å². The van der Waals surface area contributed by atoms with Crippen molar-refractivity contribution in [2.75, 3.05) is 19.5 Å². The number of hydrogen-bond acceptors (Lipinski definition) is 11. The van der Waals surface area contributed by atoms with Crippen LogP contribution in [0.5, 0.6) is 11.5 Å². The highest BCUT2D eigenvalue weighted by molar-refractivity contribution is 7.91. The number of sulfone groups is 1. The zero-order chi connectivity index (χ0) is 26.0. The molecule has 3 aromatic rings. The number of benzene rings is 3. The minimum absolute atomic E-state index is 0.0600. The number of rotatable bonds is 9. The van der Waals surface area contributed by atoms with Gasteiger partial charge in [0.2, 0.25) is 0 Å². The zero-order valence-corrected chi connectivity index (χ0v) is 20.2. The number of phenols is 1. The van der Waals surface area contributed by atoms with E-state index >= 15 is 0 Å². The van der Waals surface area contributed by atoms with Crippen LogP contribution in [0.4, 0.5) is 11.4 Å². The highest BCUT2D eigenvalue weighted by atomic mass is 32.3. The van der Waals surface area contributed by atoms with E-state index < -0.39 is 42.7 Å². The zero-order valence-electron chi connectivity index (χ0n) is 17.8. The predicted octanol–water partition coefficient (Wildman–Crippen LogP) is 2.81. The molecule has 0 radical (unpaired) electrons. The molecule has 3 rings (SSSR count). The van der Waals surface area contributed by atoms with Gasteiger partial charge in [-0.2, -0.15) is 16.8 Å². The van der Waals surface area contributed by atoms with Crippen molar-refractivity contribution in [2.45, 2.75) is 9.79 Å². The van der Waals surface area contributed by atoms with Gasteiger partial charge in [0.1, 0.15) is 22.9 Å². The summed E-state index contributed by atoms with van der Waals surface area (Å²) in [6.45, 7) is -0.820. The molecule has 3 aromatic carbocycles. The molecule has 0 spiro atoms. The van der Waals surface area contributed by atoms with E-state index in [1.54, 1.807) is 0 Å². The van der Waals surface area contributed by atoms with Gasteiger partial charge in [-0.05, 0) is 41.8 Å². The minimum atomic E-state index is -4.81. The van der Waals surface area contributed by atoms with Gasteiger partial charge in [0, 0.05) is 5.39 Å². The number of fused-ring (bicyclic) bond motifs is 1. The first-order valence-corrected chi connectivity index (χ1v) is 13.8. The lowest BCUT2D eigenvalue weighted by molar-refractivity contribution is 0.284. The molecule has 0 aliphatic rings. The summed E-state index contributed by atoms with van der Waals surface area (Å²) in [6, 6.07) is 9.80. The topological polar surface area (TPSA) is 206 Å². The van der Waals surface area contributed by atoms with Crippen LogP contribution in [-0.2, 0) is 34.5 Å². The summed E-state index contributed by atoms with van der Waals surface area (Å²) in [5, 5.41) is 18.8. The number of methoxy groups -OCH3 is 1. The molecule has 13 nitrogen and oxygen atoms in total. The molecule has 3 N–H and O–H groups in total. The van der Waals surface area contributed by atoms with Gasteiger partial charge in [-0.1, -0.05) is 12.1 Å². The number of hydrogen-bond donors (Lipinski definition) is 3. The van der Waals surface area contributed by atoms with Crippen molar-refractivity contribution in [2.24, 2.45) is 10.2 Å². The van der Waals surface area contributed by atoms with Crippen LogP contribution in [0.15, 0.2) is 68.6 Å². The fourth-order valence-electron chi connectivity index (χ4n) is 2.96. The van der Waals surface area contributed by atoms with E-state index in [9.17, 15) is 34.9 Å². The van der Waals surface area contributed by atoms with Crippen molar-refractivity contribution in [1.29, 1.82) is 0 Å². The van der Waals surface area contributed by atoms with Crippen molar-refractivity contribution >= 4 is 52.5 Å². The highest BCUT2D eigenvalue weighted by Crippen LogP contribution is 2.38. The largest absolute Gasteiger partial charge is 0.506 e. The van der Waals surface area contributed by atoms with Crippen molar-refractivity contribution in [3.63, 3.8) is 0 Å². The third-order valence-electron chi connectivity index (χ3n) is 4.59. The van der Waals surface area contributed by atoms with Gasteiger partial charge in [-0.3, -0.25) is 9.11 Å². The Morgan fingerprint density at radius 1 is 0.857 bits per heavy atom. The average Bonchev–Trinajstić information content (AvgIpc) is 2.76. The van der Waals surface area contributed by atoms with Gasteiger partial charge in [0.25, 0.3) is 10.1 Å². The Hall–Kier alpha value is -3.15. The molecule has 188 valence electrons. The Kier molecular flexibility index (Phi) is 7.44. The Balaban J connectivity index is 2.01. The Morgan fingerprint density at radius 3 is 2.17 bits per heavy atom. The van der Waals surface area contributed by atoms with Crippen molar-refractivity contribution < 1.29 is 48.4 Å². The van der Waals surface area contributed by atoms with E-state index in [2.05, 4.69) is 14.4 Å². The van der Waals surface area contributed by atoms with Gasteiger partial charge in [-0.25, -0.2) is 12.6 Å². The minimum Gasteiger partial charge on any atom is -0.506 e. The lowest BCUT2D eigenvalue weighted by atomic mass is 10.1. The van der Waals surface area contributed by atoms with Crippen molar-refractivity contribution in [3.8, 4) is 11.5 Å². The van der Waals surface area contributed by atoms with Crippen LogP contribution in [0.3, 0.4) is 0 Å². The first-order chi connectivity index (χ1) is 16.2. The van der Waals surface area contributed by atoms with Gasteiger partial charge in [-0.15, -0.1) is 10.2 Å². The number of phenolic OH excluding ortho intramolecular Hbond substituents is 1. The molecule has 0 saturated heterocycles. The van der Waals surface area contributed by atoms with E-state index in [1.807, 2.05) is 0 Å². The number of aromatic hydroxyl groups is 1. The molecule has 0 atom stereocenters. The molecule has 0 unspecified atom stereocenters. The fraction of sp³-hybridized carbons (Fsp3) is 0.158.